The molecular formula is C17H21N3O3S. The van der Waals surface area contributed by atoms with Gasteiger partial charge in [0.15, 0.2) is 5.16 Å². The highest BCUT2D eigenvalue weighted by Crippen LogP contribution is 2.27. The van der Waals surface area contributed by atoms with Gasteiger partial charge in [-0.15, -0.1) is 0 Å². The van der Waals surface area contributed by atoms with Crippen LogP contribution in [-0.2, 0) is 9.53 Å². The van der Waals surface area contributed by atoms with Crippen LogP contribution >= 0.6 is 11.8 Å². The van der Waals surface area contributed by atoms with Gasteiger partial charge in [-0.3, -0.25) is 9.36 Å². The molecule has 0 aliphatic carbocycles. The van der Waals surface area contributed by atoms with Crippen LogP contribution in [0.3, 0.4) is 0 Å². The molecule has 1 aromatic heterocycles. The molecule has 1 aliphatic heterocycles. The van der Waals surface area contributed by atoms with Crippen molar-refractivity contribution in [3.63, 3.8) is 0 Å². The van der Waals surface area contributed by atoms with Crippen molar-refractivity contribution >= 4 is 17.7 Å². The van der Waals surface area contributed by atoms with Crippen molar-refractivity contribution in [2.24, 2.45) is 0 Å². The van der Waals surface area contributed by atoms with E-state index in [1.165, 1.54) is 11.8 Å². The summed E-state index contributed by atoms with van der Waals surface area (Å²) >= 11 is 1.40. The molecule has 1 aliphatic rings. The SMILES string of the molecule is COc1ccccc1-n1ccnc1SCC(=O)NC[C@H]1CCCO1. The standard InChI is InChI=1S/C17H21N3O3S/c1-22-15-7-3-2-6-14(15)20-9-8-18-17(20)24-12-16(21)19-11-13-5-4-10-23-13/h2-3,6-9,13H,4-5,10-12H2,1H3,(H,19,21)/t13-/m1/s1. The van der Waals surface area contributed by atoms with E-state index < -0.39 is 0 Å². The van der Waals surface area contributed by atoms with E-state index >= 15 is 0 Å². The summed E-state index contributed by atoms with van der Waals surface area (Å²) in [4.78, 5) is 16.4. The molecule has 0 bridgehead atoms. The topological polar surface area (TPSA) is 65.4 Å². The number of thioether (sulfide) groups is 1. The Balaban J connectivity index is 1.58. The van der Waals surface area contributed by atoms with Gasteiger partial charge in [-0.2, -0.15) is 0 Å². The highest BCUT2D eigenvalue weighted by atomic mass is 32.2. The number of aromatic nitrogens is 2. The number of ether oxygens (including phenoxy) is 2. The van der Waals surface area contributed by atoms with E-state index in [1.54, 1.807) is 13.3 Å². The van der Waals surface area contributed by atoms with Gasteiger partial charge < -0.3 is 14.8 Å². The number of carbonyl (C=O) groups excluding carboxylic acids is 1. The minimum Gasteiger partial charge on any atom is -0.495 e. The molecule has 128 valence electrons. The third kappa shape index (κ3) is 4.10. The second kappa shape index (κ2) is 8.21. The Kier molecular flexibility index (Phi) is 5.77. The van der Waals surface area contributed by atoms with E-state index in [4.69, 9.17) is 9.47 Å². The van der Waals surface area contributed by atoms with Crippen LogP contribution in [0.15, 0.2) is 41.8 Å². The average molecular weight is 347 g/mol. The van der Waals surface area contributed by atoms with Gasteiger partial charge in [0.1, 0.15) is 5.75 Å². The van der Waals surface area contributed by atoms with E-state index in [0.717, 1.165) is 36.0 Å². The highest BCUT2D eigenvalue weighted by molar-refractivity contribution is 7.99. The van der Waals surface area contributed by atoms with Crippen molar-refractivity contribution in [3.05, 3.63) is 36.7 Å². The minimum absolute atomic E-state index is 0.00919. The second-order valence-electron chi connectivity index (χ2n) is 5.48. The first-order valence-electron chi connectivity index (χ1n) is 7.96. The van der Waals surface area contributed by atoms with E-state index in [1.807, 2.05) is 35.0 Å². The lowest BCUT2D eigenvalue weighted by Crippen LogP contribution is -2.32. The summed E-state index contributed by atoms with van der Waals surface area (Å²) in [6.45, 7) is 1.38. The Morgan fingerprint density at radius 1 is 1.50 bits per heavy atom. The minimum atomic E-state index is -0.00919. The lowest BCUT2D eigenvalue weighted by molar-refractivity contribution is -0.119. The molecule has 0 saturated carbocycles. The van der Waals surface area contributed by atoms with Crippen molar-refractivity contribution in [1.29, 1.82) is 0 Å². The van der Waals surface area contributed by atoms with Crippen molar-refractivity contribution in [1.82, 2.24) is 14.9 Å². The lowest BCUT2D eigenvalue weighted by atomic mass is 10.2. The summed E-state index contributed by atoms with van der Waals surface area (Å²) in [7, 11) is 1.64. The van der Waals surface area contributed by atoms with E-state index in [9.17, 15) is 4.79 Å². The molecular weight excluding hydrogens is 326 g/mol. The summed E-state index contributed by atoms with van der Waals surface area (Å²) in [5.41, 5.74) is 0.903. The highest BCUT2D eigenvalue weighted by Gasteiger charge is 2.17. The number of nitrogens with zero attached hydrogens (tertiary/aromatic N) is 2. The Morgan fingerprint density at radius 3 is 3.17 bits per heavy atom. The third-order valence-electron chi connectivity index (χ3n) is 3.83. The first-order valence-corrected chi connectivity index (χ1v) is 8.94. The summed E-state index contributed by atoms with van der Waals surface area (Å²) in [5, 5.41) is 3.68. The summed E-state index contributed by atoms with van der Waals surface area (Å²) in [6.07, 6.45) is 5.84. The summed E-state index contributed by atoms with van der Waals surface area (Å²) in [5.74, 6) is 1.07. The van der Waals surface area contributed by atoms with Crippen LogP contribution in [0.25, 0.3) is 5.69 Å². The number of nitrogens with one attached hydrogen (secondary N) is 1. The van der Waals surface area contributed by atoms with Gasteiger partial charge in [-0.05, 0) is 25.0 Å². The van der Waals surface area contributed by atoms with Crippen molar-refractivity contribution < 1.29 is 14.3 Å². The van der Waals surface area contributed by atoms with Gasteiger partial charge in [-0.1, -0.05) is 23.9 Å². The third-order valence-corrected chi connectivity index (χ3v) is 4.80. The molecule has 0 unspecified atom stereocenters. The maximum atomic E-state index is 12.0. The smallest absolute Gasteiger partial charge is 0.230 e. The molecule has 6 nitrogen and oxygen atoms in total. The molecule has 0 spiro atoms. The van der Waals surface area contributed by atoms with E-state index in [2.05, 4.69) is 10.3 Å². The maximum Gasteiger partial charge on any atom is 0.230 e. The van der Waals surface area contributed by atoms with Gasteiger partial charge >= 0.3 is 0 Å². The molecule has 2 aromatic rings. The van der Waals surface area contributed by atoms with Crippen LogP contribution in [0.2, 0.25) is 0 Å². The first kappa shape index (κ1) is 16.9. The molecule has 1 amide bonds. The van der Waals surface area contributed by atoms with Crippen LogP contribution in [0.1, 0.15) is 12.8 Å². The second-order valence-corrected chi connectivity index (χ2v) is 6.42. The number of benzene rings is 1. The molecule has 24 heavy (non-hydrogen) atoms. The zero-order chi connectivity index (χ0) is 16.8. The number of amides is 1. The van der Waals surface area contributed by atoms with Gasteiger partial charge in [0.25, 0.3) is 0 Å². The van der Waals surface area contributed by atoms with Crippen molar-refractivity contribution in [2.75, 3.05) is 26.0 Å². The van der Waals surface area contributed by atoms with Gasteiger partial charge in [-0.25, -0.2) is 4.98 Å². The Bertz CT molecular complexity index is 683. The first-order chi connectivity index (χ1) is 11.8. The normalized spacial score (nSPS) is 17.0. The zero-order valence-electron chi connectivity index (χ0n) is 13.6. The molecule has 1 atom stereocenters. The predicted molar refractivity (Wildman–Crippen MR) is 92.8 cm³/mol. The number of methoxy groups -OCH3 is 1. The summed E-state index contributed by atoms with van der Waals surface area (Å²) < 4.78 is 12.8. The number of carbonyl (C=O) groups is 1. The number of para-hydroxylation sites is 2. The predicted octanol–water partition coefficient (Wildman–Crippen LogP) is 2.27. The van der Waals surface area contributed by atoms with Crippen LogP contribution in [-0.4, -0.2) is 47.6 Å². The fraction of sp³-hybridized carbons (Fsp3) is 0.412. The number of imidazole rings is 1. The largest absolute Gasteiger partial charge is 0.495 e. The molecule has 3 rings (SSSR count). The van der Waals surface area contributed by atoms with Gasteiger partial charge in [0, 0.05) is 25.5 Å². The van der Waals surface area contributed by atoms with E-state index in [-0.39, 0.29) is 12.0 Å². The number of hydrogen-bond acceptors (Lipinski definition) is 5. The molecule has 1 N–H and O–H groups in total. The Labute approximate surface area is 145 Å². The van der Waals surface area contributed by atoms with Crippen LogP contribution in [0.4, 0.5) is 0 Å². The maximum absolute atomic E-state index is 12.0. The number of hydrogen-bond donors (Lipinski definition) is 1. The van der Waals surface area contributed by atoms with Gasteiger partial charge in [0.2, 0.25) is 5.91 Å². The Morgan fingerprint density at radius 2 is 2.38 bits per heavy atom. The van der Waals surface area contributed by atoms with Crippen LogP contribution in [0, 0.1) is 0 Å². The lowest BCUT2D eigenvalue weighted by Gasteiger charge is -2.12. The quantitative estimate of drug-likeness (QED) is 0.779. The molecule has 2 heterocycles. The van der Waals surface area contributed by atoms with Crippen molar-refractivity contribution in [2.45, 2.75) is 24.1 Å². The molecule has 0 radical (unpaired) electrons. The Hall–Kier alpha value is -1.99. The molecule has 1 fully saturated rings. The van der Waals surface area contributed by atoms with Crippen LogP contribution in [0.5, 0.6) is 5.75 Å². The average Bonchev–Trinajstić information content (AvgIpc) is 3.29. The molecule has 7 heteroatoms. The van der Waals surface area contributed by atoms with Gasteiger partial charge in [0.05, 0.1) is 24.7 Å². The zero-order valence-corrected chi connectivity index (χ0v) is 14.4. The monoisotopic (exact) mass is 347 g/mol. The number of rotatable bonds is 7. The molecule has 1 saturated heterocycles. The molecule has 1 aromatic carbocycles. The van der Waals surface area contributed by atoms with Crippen molar-refractivity contribution in [3.8, 4) is 11.4 Å². The van der Waals surface area contributed by atoms with Crippen LogP contribution < -0.4 is 10.1 Å². The summed E-state index contributed by atoms with van der Waals surface area (Å²) in [6, 6.07) is 7.73. The fourth-order valence-corrected chi connectivity index (χ4v) is 3.42. The van der Waals surface area contributed by atoms with E-state index in [0.29, 0.717) is 12.3 Å². The fourth-order valence-electron chi connectivity index (χ4n) is 2.62.